The van der Waals surface area contributed by atoms with E-state index in [0.29, 0.717) is 22.5 Å². The van der Waals surface area contributed by atoms with Crippen molar-refractivity contribution >= 4 is 44.4 Å². The molecule has 31 heavy (non-hydrogen) atoms. The minimum Gasteiger partial charge on any atom is -0.278 e. The standard InChI is InChI=1S/C25H25N3OS2/c1-16(2)30-21-10-7-8-19(14-21)24(29)28(15-20-9-5-6-11-26-20)25-27-22-13-17(3)12-18(4)23(22)31-25/h5-14,16H,15H2,1-4H3. The van der Waals surface area contributed by atoms with Gasteiger partial charge < -0.3 is 0 Å². The van der Waals surface area contributed by atoms with Gasteiger partial charge in [-0.2, -0.15) is 0 Å². The Morgan fingerprint density at radius 1 is 1.10 bits per heavy atom. The highest BCUT2D eigenvalue weighted by Crippen LogP contribution is 2.34. The molecule has 0 unspecified atom stereocenters. The fraction of sp³-hybridized carbons (Fsp3) is 0.240. The first-order chi connectivity index (χ1) is 14.9. The molecule has 0 bridgehead atoms. The highest BCUT2D eigenvalue weighted by molar-refractivity contribution is 7.99. The fourth-order valence-corrected chi connectivity index (χ4v) is 5.40. The van der Waals surface area contributed by atoms with Crippen molar-refractivity contribution < 1.29 is 4.79 Å². The van der Waals surface area contributed by atoms with Crippen molar-refractivity contribution in [2.75, 3.05) is 4.90 Å². The van der Waals surface area contributed by atoms with E-state index in [9.17, 15) is 4.79 Å². The zero-order chi connectivity index (χ0) is 22.0. The third-order valence-electron chi connectivity index (χ3n) is 4.78. The summed E-state index contributed by atoms with van der Waals surface area (Å²) >= 11 is 3.31. The van der Waals surface area contributed by atoms with Crippen molar-refractivity contribution in [2.45, 2.75) is 44.4 Å². The van der Waals surface area contributed by atoms with Crippen LogP contribution in [0.4, 0.5) is 5.13 Å². The second kappa shape index (κ2) is 9.20. The summed E-state index contributed by atoms with van der Waals surface area (Å²) in [4.78, 5) is 25.8. The third-order valence-corrected chi connectivity index (χ3v) is 7.01. The van der Waals surface area contributed by atoms with Crippen molar-refractivity contribution in [1.29, 1.82) is 0 Å². The first kappa shape index (κ1) is 21.5. The van der Waals surface area contributed by atoms with Gasteiger partial charge in [-0.15, -0.1) is 11.8 Å². The molecule has 2 aromatic heterocycles. The third kappa shape index (κ3) is 4.97. The number of aryl methyl sites for hydroxylation is 2. The number of hydrogen-bond acceptors (Lipinski definition) is 5. The number of nitrogens with zero attached hydrogens (tertiary/aromatic N) is 3. The summed E-state index contributed by atoms with van der Waals surface area (Å²) in [5.41, 5.74) is 4.77. The second-order valence-electron chi connectivity index (χ2n) is 7.83. The number of fused-ring (bicyclic) bond motifs is 1. The Labute approximate surface area is 191 Å². The number of anilines is 1. The van der Waals surface area contributed by atoms with Crippen molar-refractivity contribution in [3.8, 4) is 0 Å². The molecule has 6 heteroatoms. The van der Waals surface area contributed by atoms with Crippen molar-refractivity contribution in [2.24, 2.45) is 0 Å². The summed E-state index contributed by atoms with van der Waals surface area (Å²) in [6.45, 7) is 8.84. The molecule has 2 aromatic carbocycles. The molecule has 0 radical (unpaired) electrons. The number of aromatic nitrogens is 2. The van der Waals surface area contributed by atoms with E-state index in [0.717, 1.165) is 20.8 Å². The van der Waals surface area contributed by atoms with Crippen LogP contribution in [0.5, 0.6) is 0 Å². The van der Waals surface area contributed by atoms with Gasteiger partial charge in [0.15, 0.2) is 5.13 Å². The molecular weight excluding hydrogens is 422 g/mol. The van der Waals surface area contributed by atoms with Crippen LogP contribution in [0.1, 0.15) is 41.0 Å². The van der Waals surface area contributed by atoms with Crippen molar-refractivity contribution in [3.63, 3.8) is 0 Å². The SMILES string of the molecule is Cc1cc(C)c2sc(N(Cc3ccccn3)C(=O)c3cccc(SC(C)C)c3)nc2c1. The molecule has 0 atom stereocenters. The molecule has 158 valence electrons. The van der Waals surface area contributed by atoms with E-state index in [-0.39, 0.29) is 5.91 Å². The Balaban J connectivity index is 1.76. The quantitative estimate of drug-likeness (QED) is 0.310. The number of pyridine rings is 1. The van der Waals surface area contributed by atoms with E-state index in [1.54, 1.807) is 34.2 Å². The predicted molar refractivity (Wildman–Crippen MR) is 131 cm³/mol. The lowest BCUT2D eigenvalue weighted by Crippen LogP contribution is -2.30. The zero-order valence-electron chi connectivity index (χ0n) is 18.1. The Hall–Kier alpha value is -2.70. The van der Waals surface area contributed by atoms with Crippen molar-refractivity contribution in [3.05, 3.63) is 83.2 Å². The summed E-state index contributed by atoms with van der Waals surface area (Å²) in [5, 5.41) is 1.15. The number of amides is 1. The lowest BCUT2D eigenvalue weighted by molar-refractivity contribution is 0.0984. The van der Waals surface area contributed by atoms with Crippen LogP contribution in [0.15, 0.2) is 65.7 Å². The topological polar surface area (TPSA) is 46.1 Å². The van der Waals surface area contributed by atoms with Crippen LogP contribution in [0.25, 0.3) is 10.2 Å². The average molecular weight is 448 g/mol. The monoisotopic (exact) mass is 447 g/mol. The largest absolute Gasteiger partial charge is 0.278 e. The van der Waals surface area contributed by atoms with Gasteiger partial charge in [0, 0.05) is 21.9 Å². The predicted octanol–water partition coefficient (Wildman–Crippen LogP) is 6.66. The van der Waals surface area contributed by atoms with E-state index in [2.05, 4.69) is 44.8 Å². The smallest absolute Gasteiger partial charge is 0.260 e. The lowest BCUT2D eigenvalue weighted by atomic mass is 10.1. The number of thiazole rings is 1. The van der Waals surface area contributed by atoms with E-state index >= 15 is 0 Å². The first-order valence-corrected chi connectivity index (χ1v) is 12.0. The van der Waals surface area contributed by atoms with Crippen molar-refractivity contribution in [1.82, 2.24) is 9.97 Å². The zero-order valence-corrected chi connectivity index (χ0v) is 19.8. The van der Waals surface area contributed by atoms with Gasteiger partial charge in [0.2, 0.25) is 0 Å². The fourth-order valence-electron chi connectivity index (χ4n) is 3.49. The molecule has 4 nitrogen and oxygen atoms in total. The molecule has 0 saturated heterocycles. The summed E-state index contributed by atoms with van der Waals surface area (Å²) < 4.78 is 1.11. The maximum absolute atomic E-state index is 13.7. The van der Waals surface area contributed by atoms with Crippen LogP contribution in [-0.2, 0) is 6.54 Å². The van der Waals surface area contributed by atoms with Crippen LogP contribution in [0.3, 0.4) is 0 Å². The van der Waals surface area contributed by atoms with Gasteiger partial charge >= 0.3 is 0 Å². The summed E-state index contributed by atoms with van der Waals surface area (Å²) in [7, 11) is 0. The first-order valence-electron chi connectivity index (χ1n) is 10.3. The molecule has 0 spiro atoms. The van der Waals surface area contributed by atoms with E-state index in [4.69, 9.17) is 4.98 Å². The minimum absolute atomic E-state index is 0.0645. The van der Waals surface area contributed by atoms with Gasteiger partial charge in [0.05, 0.1) is 22.5 Å². The second-order valence-corrected chi connectivity index (χ2v) is 10.5. The molecule has 0 N–H and O–H groups in total. The van der Waals surface area contributed by atoms with Crippen LogP contribution in [-0.4, -0.2) is 21.1 Å². The molecule has 1 amide bonds. The molecule has 0 aliphatic carbocycles. The van der Waals surface area contributed by atoms with Gasteiger partial charge in [-0.05, 0) is 61.4 Å². The Kier molecular flexibility index (Phi) is 6.39. The number of thioether (sulfide) groups is 1. The molecule has 0 saturated carbocycles. The van der Waals surface area contributed by atoms with Crippen LogP contribution in [0, 0.1) is 13.8 Å². The van der Waals surface area contributed by atoms with E-state index < -0.39 is 0 Å². The van der Waals surface area contributed by atoms with Crippen LogP contribution in [0.2, 0.25) is 0 Å². The average Bonchev–Trinajstić information content (AvgIpc) is 3.16. The highest BCUT2D eigenvalue weighted by Gasteiger charge is 2.23. The number of carbonyl (C=O) groups is 1. The normalized spacial score (nSPS) is 11.3. The van der Waals surface area contributed by atoms with Gasteiger partial charge in [-0.1, -0.05) is 43.4 Å². The molecule has 0 fully saturated rings. The number of hydrogen-bond donors (Lipinski definition) is 0. The number of benzene rings is 2. The van der Waals surface area contributed by atoms with E-state index in [1.807, 2.05) is 42.5 Å². The molecule has 0 aliphatic rings. The molecule has 4 aromatic rings. The Bertz CT molecular complexity index is 1220. The molecule has 4 rings (SSSR count). The van der Waals surface area contributed by atoms with Gasteiger partial charge in [-0.25, -0.2) is 4.98 Å². The number of carbonyl (C=O) groups excluding carboxylic acids is 1. The Morgan fingerprint density at radius 3 is 2.68 bits per heavy atom. The summed E-state index contributed by atoms with van der Waals surface area (Å²) in [6, 6.07) is 17.8. The minimum atomic E-state index is -0.0645. The summed E-state index contributed by atoms with van der Waals surface area (Å²) in [6.07, 6.45) is 1.75. The molecular formula is C25H25N3OS2. The highest BCUT2D eigenvalue weighted by atomic mass is 32.2. The van der Waals surface area contributed by atoms with Gasteiger partial charge in [-0.3, -0.25) is 14.7 Å². The van der Waals surface area contributed by atoms with E-state index in [1.165, 1.54) is 11.1 Å². The van der Waals surface area contributed by atoms with Crippen LogP contribution >= 0.6 is 23.1 Å². The number of rotatable bonds is 6. The lowest BCUT2D eigenvalue weighted by Gasteiger charge is -2.20. The molecule has 2 heterocycles. The maximum atomic E-state index is 13.7. The maximum Gasteiger partial charge on any atom is 0.260 e. The van der Waals surface area contributed by atoms with Gasteiger partial charge in [0.1, 0.15) is 0 Å². The molecule has 0 aliphatic heterocycles. The van der Waals surface area contributed by atoms with Crippen LogP contribution < -0.4 is 4.90 Å². The van der Waals surface area contributed by atoms with Gasteiger partial charge in [0.25, 0.3) is 5.91 Å². The Morgan fingerprint density at radius 2 is 1.94 bits per heavy atom. The summed E-state index contributed by atoms with van der Waals surface area (Å²) in [5.74, 6) is -0.0645.